The van der Waals surface area contributed by atoms with Gasteiger partial charge in [-0.05, 0) is 12.8 Å². The van der Waals surface area contributed by atoms with Crippen molar-refractivity contribution in [1.29, 1.82) is 5.26 Å². The van der Waals surface area contributed by atoms with E-state index in [1.165, 1.54) is 0 Å². The zero-order chi connectivity index (χ0) is 11.6. The fraction of sp³-hybridized carbons (Fsp3) is 0.818. The summed E-state index contributed by atoms with van der Waals surface area (Å²) in [4.78, 5) is 11.2. The third-order valence-corrected chi connectivity index (χ3v) is 3.65. The maximum absolute atomic E-state index is 11.2. The van der Waals surface area contributed by atoms with Crippen LogP contribution in [0, 0.1) is 16.7 Å². The standard InChI is InChI=1S/C11H15NO4/c12-6-5-10(9(13)14)1-3-11(4-2-10)15-7-8-16-11/h1-5,7-8H2,(H,13,14). The van der Waals surface area contributed by atoms with Crippen molar-refractivity contribution in [2.45, 2.75) is 37.9 Å². The molecule has 0 unspecified atom stereocenters. The molecular weight excluding hydrogens is 210 g/mol. The number of rotatable bonds is 2. The summed E-state index contributed by atoms with van der Waals surface area (Å²) in [6, 6.07) is 1.98. The first-order valence-corrected chi connectivity index (χ1v) is 5.51. The Morgan fingerprint density at radius 3 is 2.25 bits per heavy atom. The third kappa shape index (κ3) is 1.79. The molecule has 1 saturated carbocycles. The average molecular weight is 225 g/mol. The van der Waals surface area contributed by atoms with E-state index in [0.717, 1.165) is 0 Å². The summed E-state index contributed by atoms with van der Waals surface area (Å²) in [6.45, 7) is 1.16. The molecule has 1 aliphatic carbocycles. The predicted octanol–water partition coefficient (Wildman–Crippen LogP) is 1.29. The highest BCUT2D eigenvalue weighted by Gasteiger charge is 2.49. The molecule has 16 heavy (non-hydrogen) atoms. The van der Waals surface area contributed by atoms with Crippen LogP contribution in [0.2, 0.25) is 0 Å². The normalized spacial score (nSPS) is 26.4. The first-order valence-electron chi connectivity index (χ1n) is 5.51. The number of ether oxygens (including phenoxy) is 2. The van der Waals surface area contributed by atoms with Gasteiger partial charge in [-0.3, -0.25) is 4.79 Å². The van der Waals surface area contributed by atoms with E-state index in [1.54, 1.807) is 0 Å². The lowest BCUT2D eigenvalue weighted by Gasteiger charge is -2.39. The Balaban J connectivity index is 2.06. The van der Waals surface area contributed by atoms with E-state index in [9.17, 15) is 9.90 Å². The Bertz CT molecular complexity index is 317. The number of nitrogens with zero attached hydrogens (tertiary/aromatic N) is 1. The molecule has 0 atom stereocenters. The monoisotopic (exact) mass is 225 g/mol. The second kappa shape index (κ2) is 4.04. The minimum absolute atomic E-state index is 0.0679. The molecule has 0 aromatic carbocycles. The zero-order valence-electron chi connectivity index (χ0n) is 9.07. The van der Waals surface area contributed by atoms with Crippen LogP contribution in [0.4, 0.5) is 0 Å². The molecule has 5 nitrogen and oxygen atoms in total. The molecule has 2 aliphatic rings. The first-order chi connectivity index (χ1) is 7.63. The van der Waals surface area contributed by atoms with Crippen molar-refractivity contribution < 1.29 is 19.4 Å². The van der Waals surface area contributed by atoms with Crippen molar-refractivity contribution in [3.63, 3.8) is 0 Å². The lowest BCUT2D eigenvalue weighted by atomic mass is 9.70. The van der Waals surface area contributed by atoms with E-state index < -0.39 is 17.2 Å². The van der Waals surface area contributed by atoms with Gasteiger partial charge in [0.1, 0.15) is 0 Å². The minimum atomic E-state index is -0.894. The van der Waals surface area contributed by atoms with Crippen molar-refractivity contribution in [2.24, 2.45) is 5.41 Å². The van der Waals surface area contributed by atoms with Crippen molar-refractivity contribution in [3.05, 3.63) is 0 Å². The molecule has 1 heterocycles. The Hall–Kier alpha value is -1.12. The van der Waals surface area contributed by atoms with Crippen LogP contribution in [0.1, 0.15) is 32.1 Å². The molecule has 88 valence electrons. The smallest absolute Gasteiger partial charge is 0.310 e. The van der Waals surface area contributed by atoms with Gasteiger partial charge >= 0.3 is 5.97 Å². The lowest BCUT2D eigenvalue weighted by molar-refractivity contribution is -0.197. The van der Waals surface area contributed by atoms with Crippen molar-refractivity contribution in [3.8, 4) is 6.07 Å². The molecule has 0 aromatic heterocycles. The summed E-state index contributed by atoms with van der Waals surface area (Å²) >= 11 is 0. The highest BCUT2D eigenvalue weighted by atomic mass is 16.7. The molecular formula is C11H15NO4. The van der Waals surface area contributed by atoms with Crippen LogP contribution >= 0.6 is 0 Å². The van der Waals surface area contributed by atoms with Gasteiger partial charge < -0.3 is 14.6 Å². The van der Waals surface area contributed by atoms with Gasteiger partial charge in [0.25, 0.3) is 0 Å². The number of carbonyl (C=O) groups is 1. The average Bonchev–Trinajstić information content (AvgIpc) is 2.71. The van der Waals surface area contributed by atoms with E-state index in [2.05, 4.69) is 0 Å². The van der Waals surface area contributed by atoms with Gasteiger partial charge in [0.2, 0.25) is 0 Å². The first kappa shape index (κ1) is 11.4. The third-order valence-electron chi connectivity index (χ3n) is 3.65. The van der Waals surface area contributed by atoms with Crippen LogP contribution in [0.25, 0.3) is 0 Å². The molecule has 1 N–H and O–H groups in total. The summed E-state index contributed by atoms with van der Waals surface area (Å²) < 4.78 is 11.1. The number of hydrogen-bond donors (Lipinski definition) is 1. The molecule has 5 heteroatoms. The van der Waals surface area contributed by atoms with E-state index in [4.69, 9.17) is 14.7 Å². The molecule has 0 bridgehead atoms. The molecule has 1 saturated heterocycles. The summed E-state index contributed by atoms with van der Waals surface area (Å²) in [5.74, 6) is -1.43. The number of carboxylic acid groups (broad SMARTS) is 1. The number of carboxylic acids is 1. The lowest BCUT2D eigenvalue weighted by Crippen LogP contribution is -2.43. The summed E-state index contributed by atoms with van der Waals surface area (Å²) in [5, 5.41) is 17.9. The highest BCUT2D eigenvalue weighted by molar-refractivity contribution is 5.75. The molecule has 0 radical (unpaired) electrons. The van der Waals surface area contributed by atoms with Crippen molar-refractivity contribution in [2.75, 3.05) is 13.2 Å². The van der Waals surface area contributed by atoms with E-state index >= 15 is 0 Å². The largest absolute Gasteiger partial charge is 0.481 e. The SMILES string of the molecule is N#CCC1(C(=O)O)CCC2(CC1)OCCO2. The van der Waals surface area contributed by atoms with Crippen molar-refractivity contribution >= 4 is 5.97 Å². The fourth-order valence-corrected chi connectivity index (χ4v) is 2.51. The van der Waals surface area contributed by atoms with Crippen LogP contribution < -0.4 is 0 Å². The second-order valence-corrected chi connectivity index (χ2v) is 4.53. The van der Waals surface area contributed by atoms with Crippen LogP contribution in [0.15, 0.2) is 0 Å². The molecule has 1 aliphatic heterocycles. The van der Waals surface area contributed by atoms with Crippen molar-refractivity contribution in [1.82, 2.24) is 0 Å². The van der Waals surface area contributed by atoms with Gasteiger partial charge in [-0.25, -0.2) is 0 Å². The Morgan fingerprint density at radius 2 is 1.81 bits per heavy atom. The number of nitriles is 1. The Kier molecular flexibility index (Phi) is 2.87. The summed E-state index contributed by atoms with van der Waals surface area (Å²) in [6.07, 6.45) is 2.12. The van der Waals surface area contributed by atoms with Gasteiger partial charge in [-0.1, -0.05) is 0 Å². The fourth-order valence-electron chi connectivity index (χ4n) is 2.51. The molecule has 2 rings (SSSR count). The molecule has 0 amide bonds. The summed E-state index contributed by atoms with van der Waals surface area (Å²) in [7, 11) is 0. The molecule has 2 fully saturated rings. The zero-order valence-corrected chi connectivity index (χ0v) is 9.07. The Morgan fingerprint density at radius 1 is 1.25 bits per heavy atom. The molecule has 1 spiro atoms. The topological polar surface area (TPSA) is 79.6 Å². The predicted molar refractivity (Wildman–Crippen MR) is 53.4 cm³/mol. The Labute approximate surface area is 94.0 Å². The van der Waals surface area contributed by atoms with Gasteiger partial charge in [0.15, 0.2) is 5.79 Å². The van der Waals surface area contributed by atoms with E-state index in [1.807, 2.05) is 6.07 Å². The van der Waals surface area contributed by atoms with E-state index in [-0.39, 0.29) is 6.42 Å². The molecule has 0 aromatic rings. The van der Waals surface area contributed by atoms with Crippen LogP contribution in [-0.4, -0.2) is 30.1 Å². The van der Waals surface area contributed by atoms with E-state index in [0.29, 0.717) is 38.9 Å². The quantitative estimate of drug-likeness (QED) is 0.765. The minimum Gasteiger partial charge on any atom is -0.481 e. The van der Waals surface area contributed by atoms with Crippen LogP contribution in [0.3, 0.4) is 0 Å². The number of hydrogen-bond acceptors (Lipinski definition) is 4. The van der Waals surface area contributed by atoms with Gasteiger partial charge in [-0.15, -0.1) is 0 Å². The van der Waals surface area contributed by atoms with Gasteiger partial charge in [0, 0.05) is 12.8 Å². The van der Waals surface area contributed by atoms with Crippen LogP contribution in [0.5, 0.6) is 0 Å². The van der Waals surface area contributed by atoms with Gasteiger partial charge in [-0.2, -0.15) is 5.26 Å². The van der Waals surface area contributed by atoms with Gasteiger partial charge in [0.05, 0.1) is 31.1 Å². The van der Waals surface area contributed by atoms with Crippen LogP contribution in [-0.2, 0) is 14.3 Å². The highest BCUT2D eigenvalue weighted by Crippen LogP contribution is 2.46. The maximum Gasteiger partial charge on any atom is 0.310 e. The number of aliphatic carboxylic acids is 1. The summed E-state index contributed by atoms with van der Waals surface area (Å²) in [5.41, 5.74) is -0.894. The second-order valence-electron chi connectivity index (χ2n) is 4.53. The maximum atomic E-state index is 11.2.